The molecule has 2 heteroatoms. The Morgan fingerprint density at radius 1 is 1.18 bits per heavy atom. The highest BCUT2D eigenvalue weighted by Gasteiger charge is 2.31. The Morgan fingerprint density at radius 2 is 1.82 bits per heavy atom. The Hall–Kier alpha value is -0.530. The average molecular weight is 252 g/mol. The van der Waals surface area contributed by atoms with Gasteiger partial charge in [0.25, 0.3) is 0 Å². The van der Waals surface area contributed by atoms with Crippen LogP contribution >= 0.6 is 11.6 Å². The molecule has 0 aliphatic heterocycles. The zero-order valence-electron chi connectivity index (χ0n) is 10.9. The first kappa shape index (κ1) is 12.9. The molecule has 0 saturated heterocycles. The molecule has 1 aliphatic carbocycles. The van der Waals surface area contributed by atoms with Crippen LogP contribution in [0.4, 0.5) is 0 Å². The number of hydrogen-bond donors (Lipinski definition) is 1. The van der Waals surface area contributed by atoms with Crippen LogP contribution in [0.15, 0.2) is 24.3 Å². The lowest BCUT2D eigenvalue weighted by molar-refractivity contribution is 0.159. The van der Waals surface area contributed by atoms with E-state index in [1.165, 1.54) is 18.4 Å². The summed E-state index contributed by atoms with van der Waals surface area (Å²) in [7, 11) is 0. The van der Waals surface area contributed by atoms with Gasteiger partial charge in [0.2, 0.25) is 0 Å². The Balaban J connectivity index is 1.87. The van der Waals surface area contributed by atoms with Gasteiger partial charge in [0, 0.05) is 17.1 Å². The topological polar surface area (TPSA) is 12.0 Å². The number of benzene rings is 1. The van der Waals surface area contributed by atoms with Gasteiger partial charge in [0.05, 0.1) is 0 Å². The predicted molar refractivity (Wildman–Crippen MR) is 74.4 cm³/mol. The molecule has 1 N–H and O–H groups in total. The second-order valence-corrected chi connectivity index (χ2v) is 5.99. The van der Waals surface area contributed by atoms with Crippen LogP contribution in [0, 0.1) is 11.8 Å². The van der Waals surface area contributed by atoms with E-state index in [0.29, 0.717) is 12.1 Å². The molecular weight excluding hydrogens is 230 g/mol. The van der Waals surface area contributed by atoms with Crippen LogP contribution in [0.25, 0.3) is 0 Å². The summed E-state index contributed by atoms with van der Waals surface area (Å²) in [6.07, 6.45) is 2.62. The van der Waals surface area contributed by atoms with Crippen molar-refractivity contribution < 1.29 is 0 Å². The molecule has 1 fully saturated rings. The highest BCUT2D eigenvalue weighted by molar-refractivity contribution is 6.31. The van der Waals surface area contributed by atoms with E-state index in [-0.39, 0.29) is 0 Å². The molecule has 1 aromatic rings. The van der Waals surface area contributed by atoms with E-state index in [1.54, 1.807) is 0 Å². The summed E-state index contributed by atoms with van der Waals surface area (Å²) in [4.78, 5) is 0. The summed E-state index contributed by atoms with van der Waals surface area (Å²) in [6.45, 7) is 6.83. The van der Waals surface area contributed by atoms with Crippen LogP contribution in [0.2, 0.25) is 5.02 Å². The van der Waals surface area contributed by atoms with Crippen LogP contribution in [-0.4, -0.2) is 6.04 Å². The van der Waals surface area contributed by atoms with Crippen LogP contribution in [-0.2, 0) is 0 Å². The third kappa shape index (κ3) is 3.02. The maximum Gasteiger partial charge on any atom is 0.0453 e. The summed E-state index contributed by atoms with van der Waals surface area (Å²) in [5, 5.41) is 4.54. The van der Waals surface area contributed by atoms with E-state index in [4.69, 9.17) is 11.6 Å². The minimum atomic E-state index is 0.349. The van der Waals surface area contributed by atoms with Crippen molar-refractivity contribution in [1.82, 2.24) is 5.32 Å². The standard InChI is InChI=1S/C15H22ClN/c1-10(2)12-8-13(9-12)17-11(3)14-6-4-5-7-15(14)16/h4-7,10-13,17H,8-9H2,1-3H3/t11-,12?,13?/m0/s1. The highest BCUT2D eigenvalue weighted by Crippen LogP contribution is 2.35. The predicted octanol–water partition coefficient (Wildman–Crippen LogP) is 4.43. The molecule has 1 atom stereocenters. The van der Waals surface area contributed by atoms with Gasteiger partial charge in [0.15, 0.2) is 0 Å². The largest absolute Gasteiger partial charge is 0.307 e. The lowest BCUT2D eigenvalue weighted by atomic mass is 9.73. The zero-order valence-corrected chi connectivity index (χ0v) is 11.7. The first-order chi connectivity index (χ1) is 8.08. The van der Waals surface area contributed by atoms with Crippen molar-refractivity contribution in [1.29, 1.82) is 0 Å². The third-order valence-corrected chi connectivity index (χ3v) is 4.32. The third-order valence-electron chi connectivity index (χ3n) is 3.97. The molecule has 0 heterocycles. The lowest BCUT2D eigenvalue weighted by Crippen LogP contribution is -2.44. The molecule has 1 nitrogen and oxygen atoms in total. The van der Waals surface area contributed by atoms with Crippen LogP contribution in [0.3, 0.4) is 0 Å². The molecule has 0 unspecified atom stereocenters. The van der Waals surface area contributed by atoms with Crippen LogP contribution < -0.4 is 5.32 Å². The van der Waals surface area contributed by atoms with Crippen LogP contribution in [0.5, 0.6) is 0 Å². The van der Waals surface area contributed by atoms with Gasteiger partial charge >= 0.3 is 0 Å². The van der Waals surface area contributed by atoms with Crippen molar-refractivity contribution in [3.8, 4) is 0 Å². The van der Waals surface area contributed by atoms with E-state index < -0.39 is 0 Å². The first-order valence-corrected chi connectivity index (χ1v) is 6.96. The molecule has 0 bridgehead atoms. The van der Waals surface area contributed by atoms with E-state index >= 15 is 0 Å². The number of nitrogens with one attached hydrogen (secondary N) is 1. The molecule has 2 rings (SSSR count). The lowest BCUT2D eigenvalue weighted by Gasteiger charge is -2.40. The van der Waals surface area contributed by atoms with Crippen molar-refractivity contribution in [2.45, 2.75) is 45.7 Å². The van der Waals surface area contributed by atoms with E-state index in [9.17, 15) is 0 Å². The van der Waals surface area contributed by atoms with Gasteiger partial charge < -0.3 is 5.32 Å². The molecule has 94 valence electrons. The van der Waals surface area contributed by atoms with Crippen molar-refractivity contribution >= 4 is 11.6 Å². The van der Waals surface area contributed by atoms with E-state index in [0.717, 1.165) is 16.9 Å². The zero-order chi connectivity index (χ0) is 12.4. The summed E-state index contributed by atoms with van der Waals surface area (Å²) in [5.41, 5.74) is 1.21. The smallest absolute Gasteiger partial charge is 0.0453 e. The van der Waals surface area contributed by atoms with Crippen molar-refractivity contribution in [2.24, 2.45) is 11.8 Å². The molecule has 0 amide bonds. The molecule has 17 heavy (non-hydrogen) atoms. The molecular formula is C15H22ClN. The average Bonchev–Trinajstić information content (AvgIpc) is 2.22. The van der Waals surface area contributed by atoms with Gasteiger partial charge in [-0.05, 0) is 43.2 Å². The fourth-order valence-corrected chi connectivity index (χ4v) is 2.91. The number of rotatable bonds is 4. The number of halogens is 1. The Bertz CT molecular complexity index is 369. The summed E-state index contributed by atoms with van der Waals surface area (Å²) >= 11 is 6.20. The van der Waals surface area contributed by atoms with Gasteiger partial charge in [-0.2, -0.15) is 0 Å². The molecule has 1 aliphatic rings. The Morgan fingerprint density at radius 3 is 2.41 bits per heavy atom. The SMILES string of the molecule is CC(C)C1CC(N[C@@H](C)c2ccccc2Cl)C1. The van der Waals surface area contributed by atoms with Gasteiger partial charge in [-0.15, -0.1) is 0 Å². The maximum absolute atomic E-state index is 6.20. The molecule has 1 aromatic carbocycles. The van der Waals surface area contributed by atoms with Gasteiger partial charge in [-0.3, -0.25) is 0 Å². The Labute approximate surface area is 110 Å². The van der Waals surface area contributed by atoms with Crippen LogP contribution in [0.1, 0.15) is 45.2 Å². The van der Waals surface area contributed by atoms with Gasteiger partial charge in [0.1, 0.15) is 0 Å². The first-order valence-electron chi connectivity index (χ1n) is 6.58. The van der Waals surface area contributed by atoms with Crippen molar-refractivity contribution in [3.05, 3.63) is 34.9 Å². The van der Waals surface area contributed by atoms with Gasteiger partial charge in [-0.25, -0.2) is 0 Å². The number of hydrogen-bond acceptors (Lipinski definition) is 1. The second-order valence-electron chi connectivity index (χ2n) is 5.58. The molecule has 0 radical (unpaired) electrons. The van der Waals surface area contributed by atoms with Crippen molar-refractivity contribution in [3.63, 3.8) is 0 Å². The summed E-state index contributed by atoms with van der Waals surface area (Å²) in [6, 6.07) is 9.13. The highest BCUT2D eigenvalue weighted by atomic mass is 35.5. The fourth-order valence-electron chi connectivity index (χ4n) is 2.61. The Kier molecular flexibility index (Phi) is 4.11. The van der Waals surface area contributed by atoms with Gasteiger partial charge in [-0.1, -0.05) is 43.6 Å². The minimum absolute atomic E-state index is 0.349. The second kappa shape index (κ2) is 5.41. The molecule has 0 spiro atoms. The quantitative estimate of drug-likeness (QED) is 0.835. The maximum atomic E-state index is 6.20. The molecule has 1 saturated carbocycles. The van der Waals surface area contributed by atoms with Crippen molar-refractivity contribution in [2.75, 3.05) is 0 Å². The monoisotopic (exact) mass is 251 g/mol. The summed E-state index contributed by atoms with van der Waals surface area (Å²) < 4.78 is 0. The van der Waals surface area contributed by atoms with E-state index in [2.05, 4.69) is 38.2 Å². The van der Waals surface area contributed by atoms with E-state index in [1.807, 2.05) is 12.1 Å². The normalized spacial score (nSPS) is 25.7. The minimum Gasteiger partial charge on any atom is -0.307 e. The molecule has 0 aromatic heterocycles. The summed E-state index contributed by atoms with van der Waals surface area (Å²) in [5.74, 6) is 1.73. The fraction of sp³-hybridized carbons (Fsp3) is 0.600.